The SMILES string of the molecule is Cc1c(C(=O)/C=C/c2ccccc2[N+](=O)[O-])[n+](=O)c2ccccc2n1[O-]. The summed E-state index contributed by atoms with van der Waals surface area (Å²) in [5.41, 5.74) is -0.100. The Morgan fingerprint density at radius 2 is 1.81 bits per heavy atom. The summed E-state index contributed by atoms with van der Waals surface area (Å²) in [5, 5.41) is 23.3. The number of carbonyl (C=O) groups excluding carboxylic acids is 1. The van der Waals surface area contributed by atoms with Crippen molar-refractivity contribution in [1.82, 2.24) is 4.73 Å². The van der Waals surface area contributed by atoms with Gasteiger partial charge in [-0.1, -0.05) is 24.3 Å². The number of rotatable bonds is 4. The van der Waals surface area contributed by atoms with Gasteiger partial charge in [0.15, 0.2) is 0 Å². The van der Waals surface area contributed by atoms with E-state index in [9.17, 15) is 25.0 Å². The molecule has 8 heteroatoms. The molecule has 1 aromatic heterocycles. The van der Waals surface area contributed by atoms with Crippen molar-refractivity contribution in [3.63, 3.8) is 0 Å². The van der Waals surface area contributed by atoms with Gasteiger partial charge >= 0.3 is 5.69 Å². The number of nitro groups is 1. The molecule has 2 aromatic carbocycles. The van der Waals surface area contributed by atoms with Crippen molar-refractivity contribution in [2.24, 2.45) is 0 Å². The first-order valence-electron chi connectivity index (χ1n) is 7.62. The lowest BCUT2D eigenvalue weighted by Gasteiger charge is -2.15. The lowest BCUT2D eigenvalue weighted by atomic mass is 10.1. The molecule has 0 radical (unpaired) electrons. The van der Waals surface area contributed by atoms with Gasteiger partial charge in [-0.15, -0.1) is 0 Å². The van der Waals surface area contributed by atoms with Crippen molar-refractivity contribution < 1.29 is 14.1 Å². The van der Waals surface area contributed by atoms with Crippen LogP contribution in [-0.2, 0) is 0 Å². The monoisotopic (exact) mass is 351 g/mol. The molecule has 0 N–H and O–H groups in total. The van der Waals surface area contributed by atoms with E-state index in [-0.39, 0.29) is 33.7 Å². The normalized spacial score (nSPS) is 11.1. The first kappa shape index (κ1) is 17.0. The molecule has 0 saturated heterocycles. The molecule has 0 saturated carbocycles. The number of hydrogen-bond donors (Lipinski definition) is 0. The number of aromatic nitrogens is 2. The lowest BCUT2D eigenvalue weighted by molar-refractivity contribution is -0.468. The van der Waals surface area contributed by atoms with Crippen molar-refractivity contribution in [3.05, 3.63) is 91.8 Å². The molecule has 130 valence electrons. The number of hydrogen-bond acceptors (Lipinski definition) is 5. The average molecular weight is 351 g/mol. The fourth-order valence-electron chi connectivity index (χ4n) is 2.67. The molecule has 0 aliphatic rings. The number of fused-ring (bicyclic) bond motifs is 1. The summed E-state index contributed by atoms with van der Waals surface area (Å²) in [7, 11) is 0. The van der Waals surface area contributed by atoms with E-state index in [4.69, 9.17) is 0 Å². The number of nitro benzene ring substituents is 1. The predicted molar refractivity (Wildman–Crippen MR) is 95.3 cm³/mol. The Morgan fingerprint density at radius 3 is 2.54 bits per heavy atom. The van der Waals surface area contributed by atoms with Crippen LogP contribution < -0.4 is 4.43 Å². The van der Waals surface area contributed by atoms with Crippen molar-refractivity contribution >= 4 is 28.6 Å². The van der Waals surface area contributed by atoms with Gasteiger partial charge in [0.05, 0.1) is 20.6 Å². The van der Waals surface area contributed by atoms with Crippen molar-refractivity contribution in [1.29, 1.82) is 0 Å². The number of carbonyl (C=O) groups is 1. The van der Waals surface area contributed by atoms with Crippen LogP contribution in [0.1, 0.15) is 21.7 Å². The standard InChI is InChI=1S/C18H13N3O5/c1-12-18(20(24)16-9-5-4-8-15(16)19(12)23)17(22)11-10-13-6-2-3-7-14(13)21(25)26/h2-11H,1H3/b11-10+. The van der Waals surface area contributed by atoms with Crippen LogP contribution in [0.25, 0.3) is 17.1 Å². The van der Waals surface area contributed by atoms with E-state index < -0.39 is 10.7 Å². The van der Waals surface area contributed by atoms with Crippen LogP contribution in [0.2, 0.25) is 0 Å². The minimum absolute atomic E-state index is 0.0455. The summed E-state index contributed by atoms with van der Waals surface area (Å²) in [6, 6.07) is 12.0. The Morgan fingerprint density at radius 1 is 1.15 bits per heavy atom. The quantitative estimate of drug-likeness (QED) is 0.236. The number of ketones is 1. The average Bonchev–Trinajstić information content (AvgIpc) is 2.65. The van der Waals surface area contributed by atoms with Crippen LogP contribution in [0.3, 0.4) is 0 Å². The zero-order chi connectivity index (χ0) is 18.8. The topological polar surface area (TPSA) is 111 Å². The highest BCUT2D eigenvalue weighted by atomic mass is 16.6. The van der Waals surface area contributed by atoms with Crippen LogP contribution in [0.5, 0.6) is 0 Å². The maximum atomic E-state index is 12.5. The van der Waals surface area contributed by atoms with E-state index in [1.54, 1.807) is 18.2 Å². The molecule has 0 amide bonds. The minimum Gasteiger partial charge on any atom is -0.805 e. The zero-order valence-corrected chi connectivity index (χ0v) is 13.7. The summed E-state index contributed by atoms with van der Waals surface area (Å²) in [6.45, 7) is 1.37. The molecule has 3 rings (SSSR count). The highest BCUT2D eigenvalue weighted by Gasteiger charge is 2.25. The molecule has 0 bridgehead atoms. The van der Waals surface area contributed by atoms with E-state index >= 15 is 0 Å². The zero-order valence-electron chi connectivity index (χ0n) is 13.7. The summed E-state index contributed by atoms with van der Waals surface area (Å²) in [6.07, 6.45) is 2.30. The van der Waals surface area contributed by atoms with Crippen molar-refractivity contribution in [3.8, 4) is 0 Å². The van der Waals surface area contributed by atoms with Gasteiger partial charge in [-0.3, -0.25) is 14.9 Å². The number of allylic oxidation sites excluding steroid dienone is 1. The van der Waals surface area contributed by atoms with E-state index in [2.05, 4.69) is 0 Å². The second-order valence-corrected chi connectivity index (χ2v) is 5.52. The Balaban J connectivity index is 2.10. The minimum atomic E-state index is -0.717. The Hall–Kier alpha value is -3.81. The molecule has 0 aliphatic carbocycles. The van der Waals surface area contributed by atoms with E-state index in [0.717, 1.165) is 6.08 Å². The summed E-state index contributed by atoms with van der Waals surface area (Å²) >= 11 is 0. The molecular weight excluding hydrogens is 338 g/mol. The van der Waals surface area contributed by atoms with E-state index in [0.29, 0.717) is 9.16 Å². The van der Waals surface area contributed by atoms with Gasteiger partial charge in [0.25, 0.3) is 17.0 Å². The Bertz CT molecular complexity index is 1130. The fraction of sp³-hybridized carbons (Fsp3) is 0.0556. The highest BCUT2D eigenvalue weighted by molar-refractivity contribution is 6.05. The summed E-state index contributed by atoms with van der Waals surface area (Å²) in [5.74, 6) is -0.717. The van der Waals surface area contributed by atoms with Gasteiger partial charge < -0.3 is 9.94 Å². The fourth-order valence-corrected chi connectivity index (χ4v) is 2.67. The molecule has 3 aromatic rings. The van der Waals surface area contributed by atoms with E-state index in [1.807, 2.05) is 0 Å². The van der Waals surface area contributed by atoms with Gasteiger partial charge in [-0.2, -0.15) is 0 Å². The first-order valence-corrected chi connectivity index (χ1v) is 7.62. The Kier molecular flexibility index (Phi) is 4.32. The third kappa shape index (κ3) is 2.84. The first-order chi connectivity index (χ1) is 12.4. The van der Waals surface area contributed by atoms with Crippen LogP contribution in [0.4, 0.5) is 5.69 Å². The number of para-hydroxylation sites is 3. The largest absolute Gasteiger partial charge is 0.805 e. The summed E-state index contributed by atoms with van der Waals surface area (Å²) in [4.78, 5) is 35.5. The van der Waals surface area contributed by atoms with Gasteiger partial charge in [-0.05, 0) is 31.2 Å². The third-order valence-electron chi connectivity index (χ3n) is 3.95. The van der Waals surface area contributed by atoms with Crippen LogP contribution >= 0.6 is 0 Å². The van der Waals surface area contributed by atoms with Crippen molar-refractivity contribution in [2.45, 2.75) is 6.92 Å². The van der Waals surface area contributed by atoms with Gasteiger partial charge in [-0.25, -0.2) is 0 Å². The molecule has 0 spiro atoms. The second kappa shape index (κ2) is 6.60. The van der Waals surface area contributed by atoms with Gasteiger partial charge in [0, 0.05) is 17.0 Å². The smallest absolute Gasteiger partial charge is 0.329 e. The number of benzene rings is 2. The molecule has 0 fully saturated rings. The molecule has 1 heterocycles. The van der Waals surface area contributed by atoms with Crippen LogP contribution in [0.15, 0.2) is 54.6 Å². The molecule has 26 heavy (non-hydrogen) atoms. The Labute approximate surface area is 147 Å². The molecule has 8 nitrogen and oxygen atoms in total. The van der Waals surface area contributed by atoms with Crippen LogP contribution in [0, 0.1) is 27.2 Å². The van der Waals surface area contributed by atoms with Crippen molar-refractivity contribution in [2.75, 3.05) is 0 Å². The predicted octanol–water partition coefficient (Wildman–Crippen LogP) is 3.01. The maximum absolute atomic E-state index is 12.5. The van der Waals surface area contributed by atoms with Gasteiger partial charge in [0.2, 0.25) is 0 Å². The summed E-state index contributed by atoms with van der Waals surface area (Å²) < 4.78 is 0.931. The molecule has 0 atom stereocenters. The lowest BCUT2D eigenvalue weighted by Crippen LogP contribution is -2.29. The maximum Gasteiger partial charge on any atom is 0.329 e. The van der Waals surface area contributed by atoms with Gasteiger partial charge in [0.1, 0.15) is 5.52 Å². The number of nitrogens with zero attached hydrogens (tertiary/aromatic N) is 3. The molecule has 0 unspecified atom stereocenters. The second-order valence-electron chi connectivity index (χ2n) is 5.52. The third-order valence-corrected chi connectivity index (χ3v) is 3.95. The molecule has 0 aliphatic heterocycles. The van der Waals surface area contributed by atoms with Crippen LogP contribution in [-0.4, -0.2) is 15.4 Å². The highest BCUT2D eigenvalue weighted by Crippen LogP contribution is 2.20. The molecular formula is C18H13N3O5. The van der Waals surface area contributed by atoms with E-state index in [1.165, 1.54) is 43.3 Å².